The van der Waals surface area contributed by atoms with Crippen LogP contribution in [0.5, 0.6) is 5.75 Å². The van der Waals surface area contributed by atoms with Crippen LogP contribution in [0.15, 0.2) is 71.7 Å². The molecule has 3 aromatic rings. The van der Waals surface area contributed by atoms with Gasteiger partial charge in [-0.05, 0) is 89.8 Å². The molecule has 0 spiro atoms. The van der Waals surface area contributed by atoms with E-state index >= 15 is 0 Å². The molecule has 4 heterocycles. The summed E-state index contributed by atoms with van der Waals surface area (Å²) in [5, 5.41) is 2.77. The lowest BCUT2D eigenvalue weighted by Crippen LogP contribution is -2.38. The summed E-state index contributed by atoms with van der Waals surface area (Å²) in [5.74, 6) is -2.09. The van der Waals surface area contributed by atoms with Gasteiger partial charge in [0.05, 0.1) is 18.3 Å². The first-order valence-corrected chi connectivity index (χ1v) is 18.7. The fourth-order valence-electron chi connectivity index (χ4n) is 5.94. The summed E-state index contributed by atoms with van der Waals surface area (Å²) >= 11 is 0. The molecule has 0 aromatic heterocycles. The summed E-state index contributed by atoms with van der Waals surface area (Å²) in [6, 6.07) is 17.9. The van der Waals surface area contributed by atoms with Gasteiger partial charge < -0.3 is 24.8 Å². The van der Waals surface area contributed by atoms with Crippen LogP contribution in [0.2, 0.25) is 0 Å². The number of halogens is 1. The third-order valence-electron chi connectivity index (χ3n) is 9.58. The molecule has 4 aliphatic heterocycles. The molecule has 0 saturated heterocycles. The number of likely N-dealkylation sites (N-methyl/N-ethyl adjacent to an activating group) is 2. The number of ether oxygens (including phenoxy) is 1. The Morgan fingerprint density at radius 2 is 1.40 bits per heavy atom. The number of hydrogen-bond donors (Lipinski definition) is 1. The Bertz CT molecular complexity index is 1870. The van der Waals surface area contributed by atoms with Gasteiger partial charge in [0.15, 0.2) is 0 Å². The van der Waals surface area contributed by atoms with Gasteiger partial charge in [0, 0.05) is 57.8 Å². The molecule has 0 atom stereocenters. The zero-order valence-electron chi connectivity index (χ0n) is 33.1. The third-order valence-corrected chi connectivity index (χ3v) is 9.58. The number of carbonyl (C=O) groups excluding carboxylic acids is 5. The van der Waals surface area contributed by atoms with Crippen molar-refractivity contribution in [2.45, 2.75) is 73.3 Å². The molecule has 1 N–H and O–H groups in total. The van der Waals surface area contributed by atoms with E-state index in [0.29, 0.717) is 74.3 Å². The van der Waals surface area contributed by atoms with E-state index in [1.165, 1.54) is 17.0 Å². The molecular weight excluding hydrogens is 702 g/mol. The number of nitrogens with one attached hydrogen (secondary N) is 1. The normalized spacial score (nSPS) is 18.3. The molecule has 0 saturated carbocycles. The molecular formula is C43H54FN5O6. The average molecular weight is 756 g/mol. The van der Waals surface area contributed by atoms with E-state index in [0.717, 1.165) is 17.8 Å². The van der Waals surface area contributed by atoms with Crippen molar-refractivity contribution in [3.8, 4) is 5.75 Å². The Hall–Kier alpha value is -5.39. The van der Waals surface area contributed by atoms with Crippen molar-refractivity contribution in [3.63, 3.8) is 0 Å². The SMILES string of the molecule is CN1CCOc2ccc(cc2)C(=O)NCc2ccc(F)c(c2)C(=O)/N=C/C(=O)N(CC(C)(C)C)c2ccc(cc2)CCN(C)C(=O)CCC(C)(C)CCC1=O. The van der Waals surface area contributed by atoms with E-state index in [4.69, 9.17) is 4.74 Å². The Labute approximate surface area is 323 Å². The number of amides is 5. The maximum Gasteiger partial charge on any atom is 0.280 e. The van der Waals surface area contributed by atoms with Crippen LogP contribution in [0.1, 0.15) is 92.1 Å². The predicted molar refractivity (Wildman–Crippen MR) is 212 cm³/mol. The van der Waals surface area contributed by atoms with E-state index in [2.05, 4.69) is 24.2 Å². The Morgan fingerprint density at radius 1 is 0.800 bits per heavy atom. The number of carbonyl (C=O) groups is 5. The highest BCUT2D eigenvalue weighted by Crippen LogP contribution is 2.29. The summed E-state index contributed by atoms with van der Waals surface area (Å²) in [6.45, 7) is 11.6. The number of hydrogen-bond acceptors (Lipinski definition) is 6. The van der Waals surface area contributed by atoms with Crippen LogP contribution < -0.4 is 15.0 Å². The zero-order chi connectivity index (χ0) is 40.3. The minimum Gasteiger partial charge on any atom is -0.492 e. The molecule has 4 aliphatic rings. The van der Waals surface area contributed by atoms with Gasteiger partial charge in [-0.15, -0.1) is 0 Å². The molecule has 0 aliphatic carbocycles. The van der Waals surface area contributed by atoms with Crippen LogP contribution in [0.4, 0.5) is 10.1 Å². The second-order valence-electron chi connectivity index (χ2n) is 16.1. The van der Waals surface area contributed by atoms with Gasteiger partial charge in [-0.3, -0.25) is 24.0 Å². The Morgan fingerprint density at radius 3 is 2.02 bits per heavy atom. The molecule has 12 heteroatoms. The maximum absolute atomic E-state index is 14.8. The molecule has 3 aromatic carbocycles. The summed E-state index contributed by atoms with van der Waals surface area (Å²) in [7, 11) is 3.52. The van der Waals surface area contributed by atoms with Crippen molar-refractivity contribution >= 4 is 41.4 Å². The minimum atomic E-state index is -0.930. The fourth-order valence-corrected chi connectivity index (χ4v) is 5.94. The lowest BCUT2D eigenvalue weighted by atomic mass is 9.83. The monoisotopic (exact) mass is 755 g/mol. The summed E-state index contributed by atoms with van der Waals surface area (Å²) < 4.78 is 20.6. The lowest BCUT2D eigenvalue weighted by Gasteiger charge is -2.29. The van der Waals surface area contributed by atoms with E-state index in [1.54, 1.807) is 48.2 Å². The highest BCUT2D eigenvalue weighted by molar-refractivity contribution is 6.34. The molecule has 294 valence electrons. The first-order valence-electron chi connectivity index (χ1n) is 18.7. The molecule has 0 unspecified atom stereocenters. The maximum atomic E-state index is 14.8. The first kappa shape index (κ1) is 42.4. The van der Waals surface area contributed by atoms with E-state index in [1.807, 2.05) is 45.0 Å². The number of rotatable bonds is 1. The number of benzene rings is 3. The third kappa shape index (κ3) is 13.2. The standard InChI is InChI=1S/C43H54FN5O6/c1-42(2,3)29-49-33-13-8-30(9-14-33)20-23-47(6)37(50)18-21-43(4,5)22-19-38(51)48(7)24-25-55-34-15-11-32(12-16-34)40(53)45-27-31-10-17-36(44)35(26-31)41(54)46-28-39(49)52/h8-17,26,28H,18-25,27,29H2,1-7H3,(H,45,53)/b46-28+. The van der Waals surface area contributed by atoms with E-state index in [9.17, 15) is 28.4 Å². The highest BCUT2D eigenvalue weighted by Gasteiger charge is 2.24. The fraction of sp³-hybridized carbons (Fsp3) is 0.442. The molecule has 5 amide bonds. The number of aliphatic imine (C=N–C) groups is 1. The van der Waals surface area contributed by atoms with Crippen molar-refractivity contribution in [2.75, 3.05) is 45.2 Å². The largest absolute Gasteiger partial charge is 0.492 e. The Balaban J connectivity index is 1.55. The second-order valence-corrected chi connectivity index (χ2v) is 16.1. The van der Waals surface area contributed by atoms with Crippen molar-refractivity contribution in [1.82, 2.24) is 15.1 Å². The topological polar surface area (TPSA) is 129 Å². The molecule has 0 radical (unpaired) electrons. The second kappa shape index (κ2) is 18.8. The van der Waals surface area contributed by atoms with Crippen LogP contribution in [-0.2, 0) is 27.3 Å². The van der Waals surface area contributed by atoms with Crippen LogP contribution in [-0.4, -0.2) is 85.9 Å². The summed E-state index contributed by atoms with van der Waals surface area (Å²) in [5.41, 5.74) is 1.58. The smallest absolute Gasteiger partial charge is 0.280 e. The highest BCUT2D eigenvalue weighted by atomic mass is 19.1. The number of anilines is 1. The van der Waals surface area contributed by atoms with Crippen molar-refractivity contribution in [1.29, 1.82) is 0 Å². The van der Waals surface area contributed by atoms with Crippen molar-refractivity contribution in [2.24, 2.45) is 15.8 Å². The van der Waals surface area contributed by atoms with Crippen molar-refractivity contribution in [3.05, 3.63) is 94.8 Å². The summed E-state index contributed by atoms with van der Waals surface area (Å²) in [4.78, 5) is 74.1. The van der Waals surface area contributed by atoms with Crippen LogP contribution in [0, 0.1) is 16.6 Å². The summed E-state index contributed by atoms with van der Waals surface area (Å²) in [6.07, 6.45) is 3.53. The van der Waals surface area contributed by atoms with Crippen molar-refractivity contribution < 1.29 is 33.1 Å². The Kier molecular flexibility index (Phi) is 14.5. The molecule has 11 nitrogen and oxygen atoms in total. The van der Waals surface area contributed by atoms with Gasteiger partial charge in [-0.25, -0.2) is 9.38 Å². The van der Waals surface area contributed by atoms with Gasteiger partial charge in [0.25, 0.3) is 17.7 Å². The molecule has 7 rings (SSSR count). The van der Waals surface area contributed by atoms with E-state index in [-0.39, 0.29) is 47.3 Å². The lowest BCUT2D eigenvalue weighted by molar-refractivity contribution is -0.131. The molecule has 0 fully saturated rings. The van der Waals surface area contributed by atoms with E-state index < -0.39 is 17.6 Å². The van der Waals surface area contributed by atoms with Crippen LogP contribution in [0.3, 0.4) is 0 Å². The number of nitrogens with zero attached hydrogens (tertiary/aromatic N) is 4. The van der Waals surface area contributed by atoms with Gasteiger partial charge >= 0.3 is 0 Å². The predicted octanol–water partition coefficient (Wildman–Crippen LogP) is 6.48. The quantitative estimate of drug-likeness (QED) is 0.303. The van der Waals surface area contributed by atoms with Gasteiger partial charge in [0.1, 0.15) is 18.2 Å². The van der Waals surface area contributed by atoms with Crippen LogP contribution >= 0.6 is 0 Å². The minimum absolute atomic E-state index is 0.00386. The first-order chi connectivity index (χ1) is 25.9. The molecule has 6 bridgehead atoms. The van der Waals surface area contributed by atoms with Gasteiger partial charge in [0.2, 0.25) is 11.8 Å². The van der Waals surface area contributed by atoms with Crippen LogP contribution in [0.25, 0.3) is 0 Å². The zero-order valence-corrected chi connectivity index (χ0v) is 33.1. The van der Waals surface area contributed by atoms with Gasteiger partial charge in [-0.1, -0.05) is 52.8 Å². The average Bonchev–Trinajstić information content (AvgIpc) is 3.15. The van der Waals surface area contributed by atoms with Gasteiger partial charge in [-0.2, -0.15) is 0 Å². The molecule has 55 heavy (non-hydrogen) atoms.